The molecule has 2 aromatic carbocycles. The maximum absolute atomic E-state index is 12.3. The van der Waals surface area contributed by atoms with Gasteiger partial charge in [-0.05, 0) is 43.8 Å². The second-order valence-electron chi connectivity index (χ2n) is 5.52. The Balaban J connectivity index is 2.12. The van der Waals surface area contributed by atoms with E-state index in [0.717, 1.165) is 22.5 Å². The fourth-order valence-electron chi connectivity index (χ4n) is 2.98. The van der Waals surface area contributed by atoms with Crippen molar-refractivity contribution >= 4 is 28.8 Å². The average Bonchev–Trinajstić information content (AvgIpc) is 2.55. The summed E-state index contributed by atoms with van der Waals surface area (Å²) in [6, 6.07) is 19.6. The molecule has 0 unspecified atom stereocenters. The molecule has 4 heteroatoms. The maximum Gasteiger partial charge on any atom is 0.178 e. The minimum atomic E-state index is -0.207. The fraction of sp³-hybridized carbons (Fsp3) is 0.158. The molecular weight excluding hydrogens is 304 g/mol. The van der Waals surface area contributed by atoms with Crippen molar-refractivity contribution in [2.75, 3.05) is 4.90 Å². The number of nitrogens with one attached hydrogen (secondary N) is 1. The first-order chi connectivity index (χ1) is 11.1. The van der Waals surface area contributed by atoms with Gasteiger partial charge in [-0.2, -0.15) is 0 Å². The summed E-state index contributed by atoms with van der Waals surface area (Å²) in [6.07, 6.45) is 0. The largest absolute Gasteiger partial charge is 0.351 e. The number of Topliss-reactive ketones (excluding diaryl/α,β-unsaturated/α-hetero) is 1. The molecule has 0 bridgehead atoms. The topological polar surface area (TPSA) is 32.3 Å². The van der Waals surface area contributed by atoms with Crippen LogP contribution < -0.4 is 10.2 Å². The van der Waals surface area contributed by atoms with Crippen molar-refractivity contribution in [1.82, 2.24) is 5.32 Å². The summed E-state index contributed by atoms with van der Waals surface area (Å²) in [5.74, 6) is 0.0484. The van der Waals surface area contributed by atoms with Crippen molar-refractivity contribution < 1.29 is 4.79 Å². The quantitative estimate of drug-likeness (QED) is 0.866. The molecule has 3 nitrogen and oxygen atoms in total. The van der Waals surface area contributed by atoms with E-state index in [2.05, 4.69) is 5.32 Å². The Morgan fingerprint density at radius 1 is 1.04 bits per heavy atom. The molecule has 1 atom stereocenters. The van der Waals surface area contributed by atoms with Gasteiger partial charge in [0.1, 0.15) is 0 Å². The van der Waals surface area contributed by atoms with Gasteiger partial charge in [-0.1, -0.05) is 48.5 Å². The molecule has 0 saturated carbocycles. The number of nitrogens with zero attached hydrogens (tertiary/aromatic N) is 1. The van der Waals surface area contributed by atoms with Crippen molar-refractivity contribution in [2.45, 2.75) is 19.9 Å². The molecule has 0 saturated heterocycles. The number of benzene rings is 2. The Morgan fingerprint density at radius 3 is 2.17 bits per heavy atom. The molecule has 0 fully saturated rings. The predicted molar refractivity (Wildman–Crippen MR) is 97.2 cm³/mol. The van der Waals surface area contributed by atoms with Crippen LogP contribution in [0.4, 0.5) is 5.69 Å². The predicted octanol–water partition coefficient (Wildman–Crippen LogP) is 3.99. The Kier molecular flexibility index (Phi) is 4.26. The monoisotopic (exact) mass is 322 g/mol. The highest BCUT2D eigenvalue weighted by molar-refractivity contribution is 7.80. The van der Waals surface area contributed by atoms with Crippen LogP contribution in [0.15, 0.2) is 71.9 Å². The van der Waals surface area contributed by atoms with Gasteiger partial charge in [-0.25, -0.2) is 0 Å². The molecule has 1 N–H and O–H groups in total. The summed E-state index contributed by atoms with van der Waals surface area (Å²) in [6.45, 7) is 3.56. The first-order valence-corrected chi connectivity index (χ1v) is 7.92. The van der Waals surface area contributed by atoms with E-state index in [1.165, 1.54) is 0 Å². The number of para-hydroxylation sites is 1. The van der Waals surface area contributed by atoms with Crippen molar-refractivity contribution in [2.24, 2.45) is 0 Å². The van der Waals surface area contributed by atoms with E-state index >= 15 is 0 Å². The molecule has 23 heavy (non-hydrogen) atoms. The van der Waals surface area contributed by atoms with Gasteiger partial charge in [-0.15, -0.1) is 0 Å². The second kappa shape index (κ2) is 6.34. The zero-order valence-electron chi connectivity index (χ0n) is 13.1. The normalized spacial score (nSPS) is 17.9. The Labute approximate surface area is 141 Å². The summed E-state index contributed by atoms with van der Waals surface area (Å²) >= 11 is 5.57. The van der Waals surface area contributed by atoms with Gasteiger partial charge in [0, 0.05) is 17.0 Å². The number of rotatable bonds is 3. The first kappa shape index (κ1) is 15.4. The summed E-state index contributed by atoms with van der Waals surface area (Å²) in [5.41, 5.74) is 3.61. The molecule has 0 radical (unpaired) electrons. The number of allylic oxidation sites excluding steroid dienone is 1. The third-order valence-electron chi connectivity index (χ3n) is 4.01. The molecule has 1 heterocycles. The molecule has 0 spiro atoms. The SMILES string of the molecule is CC(=O)C1=C(C)N(c2ccccc2)C(=S)N[C@H]1c1ccccc1. The van der Waals surface area contributed by atoms with Crippen LogP contribution in [0.2, 0.25) is 0 Å². The molecule has 1 aliphatic heterocycles. The van der Waals surface area contributed by atoms with Crippen molar-refractivity contribution in [1.29, 1.82) is 0 Å². The summed E-state index contributed by atoms with van der Waals surface area (Å²) < 4.78 is 0. The highest BCUT2D eigenvalue weighted by atomic mass is 32.1. The average molecular weight is 322 g/mol. The van der Waals surface area contributed by atoms with Crippen molar-refractivity contribution in [3.8, 4) is 0 Å². The third kappa shape index (κ3) is 2.90. The van der Waals surface area contributed by atoms with Gasteiger partial charge >= 0.3 is 0 Å². The lowest BCUT2D eigenvalue weighted by molar-refractivity contribution is -0.114. The molecule has 1 aliphatic rings. The van der Waals surface area contributed by atoms with E-state index in [1.807, 2.05) is 72.5 Å². The van der Waals surface area contributed by atoms with Crippen molar-refractivity contribution in [3.05, 3.63) is 77.5 Å². The molecule has 3 rings (SSSR count). The Morgan fingerprint density at radius 2 is 1.61 bits per heavy atom. The van der Waals surface area contributed by atoms with E-state index in [-0.39, 0.29) is 11.8 Å². The molecular formula is C19H18N2OS. The molecule has 0 amide bonds. The number of thiocarbonyl (C=S) groups is 1. The van der Waals surface area contributed by atoms with Gasteiger partial charge in [-0.3, -0.25) is 9.69 Å². The molecule has 0 aliphatic carbocycles. The van der Waals surface area contributed by atoms with Crippen LogP contribution in [0.3, 0.4) is 0 Å². The van der Waals surface area contributed by atoms with Gasteiger partial charge in [0.25, 0.3) is 0 Å². The van der Waals surface area contributed by atoms with Gasteiger partial charge in [0.05, 0.1) is 6.04 Å². The lowest BCUT2D eigenvalue weighted by Gasteiger charge is -2.37. The van der Waals surface area contributed by atoms with E-state index < -0.39 is 0 Å². The summed E-state index contributed by atoms with van der Waals surface area (Å²) in [5, 5.41) is 3.93. The van der Waals surface area contributed by atoms with Crippen LogP contribution >= 0.6 is 12.2 Å². The first-order valence-electron chi connectivity index (χ1n) is 7.52. The van der Waals surface area contributed by atoms with Gasteiger partial charge in [0.2, 0.25) is 0 Å². The van der Waals surface area contributed by atoms with Crippen LogP contribution in [0.5, 0.6) is 0 Å². The van der Waals surface area contributed by atoms with Gasteiger partial charge < -0.3 is 5.32 Å². The van der Waals surface area contributed by atoms with Gasteiger partial charge in [0.15, 0.2) is 10.9 Å². The standard InChI is InChI=1S/C19H18N2OS/c1-13-17(14(2)22)18(15-9-5-3-6-10-15)20-19(23)21(13)16-11-7-4-8-12-16/h3-12,18H,1-2H3,(H,20,23)/t18-/m0/s1. The lowest BCUT2D eigenvalue weighted by atomic mass is 9.92. The number of hydrogen-bond donors (Lipinski definition) is 1. The highest BCUT2D eigenvalue weighted by Gasteiger charge is 2.32. The summed E-state index contributed by atoms with van der Waals surface area (Å²) in [7, 11) is 0. The summed E-state index contributed by atoms with van der Waals surface area (Å²) in [4.78, 5) is 14.2. The maximum atomic E-state index is 12.3. The number of carbonyl (C=O) groups is 1. The smallest absolute Gasteiger partial charge is 0.178 e. The van der Waals surface area contributed by atoms with Crippen LogP contribution in [0, 0.1) is 0 Å². The Bertz CT molecular complexity index is 768. The fourth-order valence-corrected chi connectivity index (χ4v) is 3.34. The zero-order valence-corrected chi connectivity index (χ0v) is 13.9. The molecule has 2 aromatic rings. The van der Waals surface area contributed by atoms with E-state index in [4.69, 9.17) is 12.2 Å². The third-order valence-corrected chi connectivity index (χ3v) is 4.31. The van der Waals surface area contributed by atoms with Crippen LogP contribution in [-0.4, -0.2) is 10.9 Å². The van der Waals surface area contributed by atoms with Crippen molar-refractivity contribution in [3.63, 3.8) is 0 Å². The lowest BCUT2D eigenvalue weighted by Crippen LogP contribution is -2.47. The molecule has 0 aromatic heterocycles. The number of carbonyl (C=O) groups excluding carboxylic acids is 1. The molecule has 116 valence electrons. The Hall–Kier alpha value is -2.46. The van der Waals surface area contributed by atoms with E-state index in [1.54, 1.807) is 6.92 Å². The minimum absolute atomic E-state index is 0.0484. The number of hydrogen-bond acceptors (Lipinski definition) is 2. The number of anilines is 1. The van der Waals surface area contributed by atoms with Crippen LogP contribution in [-0.2, 0) is 4.79 Å². The number of ketones is 1. The van der Waals surface area contributed by atoms with Crippen LogP contribution in [0.25, 0.3) is 0 Å². The van der Waals surface area contributed by atoms with E-state index in [9.17, 15) is 4.79 Å². The van der Waals surface area contributed by atoms with E-state index in [0.29, 0.717) is 5.11 Å². The zero-order chi connectivity index (χ0) is 16.4. The minimum Gasteiger partial charge on any atom is -0.351 e. The highest BCUT2D eigenvalue weighted by Crippen LogP contribution is 2.33. The van der Waals surface area contributed by atoms with Crippen LogP contribution in [0.1, 0.15) is 25.5 Å². The second-order valence-corrected chi connectivity index (χ2v) is 5.91.